The summed E-state index contributed by atoms with van der Waals surface area (Å²) in [5.74, 6) is 0. The minimum absolute atomic E-state index is 0.833. The molecule has 0 saturated carbocycles. The maximum Gasteiger partial charge on any atom is 0.309 e. The molecule has 0 aliphatic rings. The van der Waals surface area contributed by atoms with Crippen LogP contribution in [0, 0.1) is 0 Å². The molecule has 6 N–H and O–H groups in total. The van der Waals surface area contributed by atoms with Gasteiger partial charge < -0.3 is 17.2 Å². The Bertz CT molecular complexity index is 97.0. The molecule has 0 aliphatic heterocycles. The van der Waals surface area contributed by atoms with Gasteiger partial charge in [-0.2, -0.15) is 0 Å². The number of amides is 2. The predicted octanol–water partition coefficient (Wildman–Crippen LogP) is 1.33. The van der Waals surface area contributed by atoms with Gasteiger partial charge in [-0.15, -0.1) is 0 Å². The van der Waals surface area contributed by atoms with Gasteiger partial charge in [0.1, 0.15) is 0 Å². The van der Waals surface area contributed by atoms with Crippen LogP contribution in [0.2, 0.25) is 0 Å². The van der Waals surface area contributed by atoms with Crippen molar-refractivity contribution in [3.05, 3.63) is 0 Å². The Kier molecular flexibility index (Phi) is 15.6. The lowest BCUT2D eigenvalue weighted by atomic mass is 10.1. The number of urea groups is 1. The molecule has 0 fully saturated rings. The second kappa shape index (κ2) is 13.8. The zero-order chi connectivity index (χ0) is 10.5. The molecule has 0 rings (SSSR count). The van der Waals surface area contributed by atoms with E-state index in [-0.39, 0.29) is 0 Å². The fourth-order valence-corrected chi connectivity index (χ4v) is 0.925. The van der Waals surface area contributed by atoms with Gasteiger partial charge >= 0.3 is 6.03 Å². The first-order valence-electron chi connectivity index (χ1n) is 4.90. The Labute approximate surface area is 80.8 Å². The van der Waals surface area contributed by atoms with E-state index in [9.17, 15) is 0 Å². The van der Waals surface area contributed by atoms with Gasteiger partial charge in [0.2, 0.25) is 0 Å². The van der Waals surface area contributed by atoms with Crippen LogP contribution >= 0.6 is 0 Å². The Hall–Kier alpha value is -0.770. The summed E-state index contributed by atoms with van der Waals surface area (Å²) < 4.78 is 0. The average Bonchev–Trinajstić information content (AvgIpc) is 2.03. The summed E-state index contributed by atoms with van der Waals surface area (Å²) in [5, 5.41) is 0. The van der Waals surface area contributed by atoms with Crippen LogP contribution in [0.5, 0.6) is 0 Å². The van der Waals surface area contributed by atoms with Crippen molar-refractivity contribution in [2.24, 2.45) is 17.2 Å². The molecular formula is C9H23N3O. The number of primary amides is 2. The largest absolute Gasteiger partial charge is 0.352 e. The predicted molar refractivity (Wildman–Crippen MR) is 56.2 cm³/mol. The molecule has 0 bridgehead atoms. The summed E-state index contributed by atoms with van der Waals surface area (Å²) in [5.41, 5.74) is 13.8. The van der Waals surface area contributed by atoms with Crippen molar-refractivity contribution in [1.29, 1.82) is 0 Å². The van der Waals surface area contributed by atoms with Crippen LogP contribution in [0.25, 0.3) is 0 Å². The van der Waals surface area contributed by atoms with Gasteiger partial charge in [-0.25, -0.2) is 4.79 Å². The highest BCUT2D eigenvalue weighted by atomic mass is 16.2. The normalized spacial score (nSPS) is 8.77. The molecular weight excluding hydrogens is 166 g/mol. The molecule has 2 amide bonds. The fraction of sp³-hybridized carbons (Fsp3) is 0.889. The zero-order valence-electron chi connectivity index (χ0n) is 8.59. The van der Waals surface area contributed by atoms with E-state index in [1.165, 1.54) is 38.5 Å². The third kappa shape index (κ3) is 35.0. The Morgan fingerprint density at radius 3 is 1.77 bits per heavy atom. The standard InChI is InChI=1S/C8H19N.CH4N2O/c1-2-3-4-5-6-7-8-9;2-1(3)4/h2-9H2,1H3;(H4,2,3,4). The first-order chi connectivity index (χ1) is 6.15. The molecule has 0 aromatic heterocycles. The van der Waals surface area contributed by atoms with Gasteiger partial charge in [0.05, 0.1) is 0 Å². The van der Waals surface area contributed by atoms with E-state index in [0.29, 0.717) is 0 Å². The van der Waals surface area contributed by atoms with Crippen molar-refractivity contribution in [3.63, 3.8) is 0 Å². The summed E-state index contributed by atoms with van der Waals surface area (Å²) >= 11 is 0. The SMILES string of the molecule is CCCCCCCCN.NC(N)=O. The van der Waals surface area contributed by atoms with Gasteiger partial charge in [0, 0.05) is 0 Å². The maximum absolute atomic E-state index is 9.00. The van der Waals surface area contributed by atoms with Crippen molar-refractivity contribution in [2.75, 3.05) is 6.54 Å². The summed E-state index contributed by atoms with van der Waals surface area (Å²) in [7, 11) is 0. The summed E-state index contributed by atoms with van der Waals surface area (Å²) in [6.07, 6.45) is 8.05. The van der Waals surface area contributed by atoms with Crippen LogP contribution in [-0.4, -0.2) is 12.6 Å². The summed E-state index contributed by atoms with van der Waals surface area (Å²) in [6, 6.07) is -0.833. The van der Waals surface area contributed by atoms with E-state index in [0.717, 1.165) is 6.54 Å². The molecule has 4 nitrogen and oxygen atoms in total. The highest BCUT2D eigenvalue weighted by Crippen LogP contribution is 2.03. The van der Waals surface area contributed by atoms with Crippen molar-refractivity contribution < 1.29 is 4.79 Å². The molecule has 0 atom stereocenters. The summed E-state index contributed by atoms with van der Waals surface area (Å²) in [4.78, 5) is 9.00. The van der Waals surface area contributed by atoms with Gasteiger partial charge in [-0.05, 0) is 13.0 Å². The van der Waals surface area contributed by atoms with E-state index in [1.807, 2.05) is 0 Å². The van der Waals surface area contributed by atoms with Crippen LogP contribution in [0.1, 0.15) is 45.4 Å². The number of hydrogen-bond acceptors (Lipinski definition) is 2. The van der Waals surface area contributed by atoms with Gasteiger partial charge in [0.15, 0.2) is 0 Å². The highest BCUT2D eigenvalue weighted by molar-refractivity contribution is 5.69. The molecule has 80 valence electrons. The van der Waals surface area contributed by atoms with Gasteiger partial charge in [0.25, 0.3) is 0 Å². The lowest BCUT2D eigenvalue weighted by Gasteiger charge is -1.96. The van der Waals surface area contributed by atoms with Crippen LogP contribution in [0.3, 0.4) is 0 Å². The molecule has 0 aliphatic carbocycles. The smallest absolute Gasteiger partial charge is 0.309 e. The second-order valence-electron chi connectivity index (χ2n) is 2.96. The number of carbonyl (C=O) groups excluding carboxylic acids is 1. The van der Waals surface area contributed by atoms with Crippen LogP contribution in [0.4, 0.5) is 4.79 Å². The highest BCUT2D eigenvalue weighted by Gasteiger charge is 1.85. The molecule has 13 heavy (non-hydrogen) atoms. The molecule has 0 radical (unpaired) electrons. The zero-order valence-corrected chi connectivity index (χ0v) is 8.59. The minimum atomic E-state index is -0.833. The fourth-order valence-electron chi connectivity index (χ4n) is 0.925. The molecule has 0 heterocycles. The van der Waals surface area contributed by atoms with Crippen LogP contribution in [0.15, 0.2) is 0 Å². The number of nitrogens with two attached hydrogens (primary N) is 3. The van der Waals surface area contributed by atoms with Gasteiger partial charge in [-0.1, -0.05) is 39.0 Å². The summed E-state index contributed by atoms with van der Waals surface area (Å²) in [6.45, 7) is 3.11. The lowest BCUT2D eigenvalue weighted by molar-refractivity contribution is 0.256. The number of carbonyl (C=O) groups is 1. The van der Waals surface area contributed by atoms with E-state index >= 15 is 0 Å². The second-order valence-corrected chi connectivity index (χ2v) is 2.96. The van der Waals surface area contributed by atoms with Crippen molar-refractivity contribution in [2.45, 2.75) is 45.4 Å². The monoisotopic (exact) mass is 189 g/mol. The lowest BCUT2D eigenvalue weighted by Crippen LogP contribution is -2.18. The molecule has 4 heteroatoms. The first kappa shape index (κ1) is 14.7. The van der Waals surface area contributed by atoms with Crippen LogP contribution < -0.4 is 17.2 Å². The van der Waals surface area contributed by atoms with Gasteiger partial charge in [-0.3, -0.25) is 0 Å². The molecule has 0 aromatic rings. The quantitative estimate of drug-likeness (QED) is 0.550. The van der Waals surface area contributed by atoms with E-state index in [1.54, 1.807) is 0 Å². The number of rotatable bonds is 6. The minimum Gasteiger partial charge on any atom is -0.352 e. The third-order valence-electron chi connectivity index (χ3n) is 1.56. The van der Waals surface area contributed by atoms with Crippen molar-refractivity contribution in [1.82, 2.24) is 0 Å². The molecule has 0 unspecified atom stereocenters. The Morgan fingerprint density at radius 1 is 1.00 bits per heavy atom. The average molecular weight is 189 g/mol. The van der Waals surface area contributed by atoms with E-state index < -0.39 is 6.03 Å². The van der Waals surface area contributed by atoms with E-state index in [2.05, 4.69) is 18.4 Å². The van der Waals surface area contributed by atoms with Crippen LogP contribution in [-0.2, 0) is 0 Å². The Balaban J connectivity index is 0. The van der Waals surface area contributed by atoms with Crippen molar-refractivity contribution in [3.8, 4) is 0 Å². The molecule has 0 spiro atoms. The molecule has 0 aromatic carbocycles. The maximum atomic E-state index is 9.00. The Morgan fingerprint density at radius 2 is 1.38 bits per heavy atom. The number of unbranched alkanes of at least 4 members (excludes halogenated alkanes) is 5. The van der Waals surface area contributed by atoms with E-state index in [4.69, 9.17) is 10.5 Å². The topological polar surface area (TPSA) is 95.1 Å². The number of hydrogen-bond donors (Lipinski definition) is 3. The third-order valence-corrected chi connectivity index (χ3v) is 1.56. The van der Waals surface area contributed by atoms with Crippen molar-refractivity contribution >= 4 is 6.03 Å². The first-order valence-corrected chi connectivity index (χ1v) is 4.90. The molecule has 0 saturated heterocycles.